The molecular formula is C27H27N5O5S. The molecule has 10 nitrogen and oxygen atoms in total. The Hall–Kier alpha value is -4.51. The zero-order valence-corrected chi connectivity index (χ0v) is 22.2. The van der Waals surface area contributed by atoms with E-state index < -0.39 is 0 Å². The number of methoxy groups -OCH3 is 3. The molecule has 0 aliphatic rings. The molecule has 4 rings (SSSR count). The first-order valence-corrected chi connectivity index (χ1v) is 12.5. The average Bonchev–Trinajstić information content (AvgIpc) is 3.37. The smallest absolute Gasteiger partial charge is 0.342 e. The number of benzene rings is 3. The molecule has 0 radical (unpaired) electrons. The lowest BCUT2D eigenvalue weighted by atomic mass is 10.1. The number of hydrazone groups is 1. The molecule has 0 saturated carbocycles. The minimum atomic E-state index is -0.359. The second-order valence-electron chi connectivity index (χ2n) is 8.09. The van der Waals surface area contributed by atoms with Gasteiger partial charge in [0.25, 0.3) is 11.7 Å². The summed E-state index contributed by atoms with van der Waals surface area (Å²) in [4.78, 5) is 12.5. The Morgan fingerprint density at radius 3 is 2.32 bits per heavy atom. The molecule has 11 heteroatoms. The quantitative estimate of drug-likeness (QED) is 0.139. The molecule has 0 fully saturated rings. The molecule has 196 valence electrons. The Labute approximate surface area is 224 Å². The van der Waals surface area contributed by atoms with Crippen molar-refractivity contribution in [2.24, 2.45) is 5.10 Å². The summed E-state index contributed by atoms with van der Waals surface area (Å²) < 4.78 is 17.4. The van der Waals surface area contributed by atoms with Crippen molar-refractivity contribution in [1.82, 2.24) is 15.6 Å². The van der Waals surface area contributed by atoms with Crippen molar-refractivity contribution in [3.63, 3.8) is 0 Å². The summed E-state index contributed by atoms with van der Waals surface area (Å²) in [5, 5.41) is 24.2. The SMILES string of the molecule is COc1ccc(-[n+]2c(SCC(=O)NN=Cc3cc(OC)c([O-])c(OC)c3)n[nH]c2-c2ccc(C)cc2)cc1. The van der Waals surface area contributed by atoms with Crippen LogP contribution in [0.15, 0.2) is 70.9 Å². The van der Waals surface area contributed by atoms with Crippen LogP contribution >= 0.6 is 11.8 Å². The number of aryl methyl sites for hydroxylation is 1. The monoisotopic (exact) mass is 533 g/mol. The molecular weight excluding hydrogens is 506 g/mol. The van der Waals surface area contributed by atoms with E-state index in [1.165, 1.54) is 44.3 Å². The van der Waals surface area contributed by atoms with Crippen LogP contribution in [0.25, 0.3) is 17.1 Å². The van der Waals surface area contributed by atoms with Gasteiger partial charge in [0, 0.05) is 5.56 Å². The molecule has 2 N–H and O–H groups in total. The minimum absolute atomic E-state index is 0.0673. The number of hydrogen-bond donors (Lipinski definition) is 2. The van der Waals surface area contributed by atoms with E-state index in [2.05, 4.69) is 20.7 Å². The third kappa shape index (κ3) is 6.06. The Morgan fingerprint density at radius 1 is 1.05 bits per heavy atom. The van der Waals surface area contributed by atoms with Gasteiger partial charge in [-0.1, -0.05) is 17.7 Å². The fourth-order valence-electron chi connectivity index (χ4n) is 3.59. The molecule has 0 saturated heterocycles. The number of H-pyrrole nitrogens is 1. The number of aromatic nitrogens is 3. The first-order valence-electron chi connectivity index (χ1n) is 11.5. The summed E-state index contributed by atoms with van der Waals surface area (Å²) in [7, 11) is 4.41. The van der Waals surface area contributed by atoms with Gasteiger partial charge in [-0.05, 0) is 73.0 Å². The predicted molar refractivity (Wildman–Crippen MR) is 142 cm³/mol. The van der Waals surface area contributed by atoms with Crippen molar-refractivity contribution < 1.29 is 28.7 Å². The van der Waals surface area contributed by atoms with Gasteiger partial charge < -0.3 is 19.3 Å². The van der Waals surface area contributed by atoms with Gasteiger partial charge in [-0.15, -0.1) is 5.10 Å². The number of hydrogen-bond acceptors (Lipinski definition) is 8. The number of carbonyl (C=O) groups excluding carboxylic acids is 1. The highest BCUT2D eigenvalue weighted by Crippen LogP contribution is 2.34. The average molecular weight is 534 g/mol. The molecule has 1 heterocycles. The largest absolute Gasteiger partial charge is 0.867 e. The number of amides is 1. The van der Waals surface area contributed by atoms with E-state index in [1.54, 1.807) is 7.11 Å². The number of nitrogens with one attached hydrogen (secondary N) is 2. The van der Waals surface area contributed by atoms with E-state index in [1.807, 2.05) is 60.0 Å². The van der Waals surface area contributed by atoms with Crippen molar-refractivity contribution in [2.75, 3.05) is 27.1 Å². The van der Waals surface area contributed by atoms with Crippen LogP contribution in [0.3, 0.4) is 0 Å². The summed E-state index contributed by atoms with van der Waals surface area (Å²) in [5.41, 5.74) is 6.00. The molecule has 0 spiro atoms. The van der Waals surface area contributed by atoms with Gasteiger partial charge in [0.15, 0.2) is 0 Å². The van der Waals surface area contributed by atoms with Gasteiger partial charge in [-0.3, -0.25) is 4.79 Å². The van der Waals surface area contributed by atoms with Crippen molar-refractivity contribution in [3.8, 4) is 40.1 Å². The van der Waals surface area contributed by atoms with Crippen molar-refractivity contribution in [2.45, 2.75) is 12.1 Å². The second-order valence-corrected chi connectivity index (χ2v) is 9.03. The van der Waals surface area contributed by atoms with Crippen LogP contribution in [0.5, 0.6) is 23.0 Å². The maximum Gasteiger partial charge on any atom is 0.342 e. The minimum Gasteiger partial charge on any atom is -0.867 e. The molecule has 0 bridgehead atoms. The van der Waals surface area contributed by atoms with Gasteiger partial charge >= 0.3 is 5.16 Å². The first kappa shape index (κ1) is 26.6. The zero-order valence-electron chi connectivity index (χ0n) is 21.3. The third-order valence-electron chi connectivity index (χ3n) is 5.55. The van der Waals surface area contributed by atoms with E-state index >= 15 is 0 Å². The number of rotatable bonds is 10. The Morgan fingerprint density at radius 2 is 1.71 bits per heavy atom. The van der Waals surface area contributed by atoms with Crippen molar-refractivity contribution in [1.29, 1.82) is 0 Å². The maximum atomic E-state index is 12.5. The summed E-state index contributed by atoms with van der Waals surface area (Å²) >= 11 is 1.26. The number of thioether (sulfide) groups is 1. The summed E-state index contributed by atoms with van der Waals surface area (Å²) in [5.74, 6) is 1.14. The predicted octanol–water partition coefficient (Wildman–Crippen LogP) is 3.00. The van der Waals surface area contributed by atoms with Gasteiger partial charge in [-0.25, -0.2) is 5.43 Å². The Kier molecular flexibility index (Phi) is 8.49. The highest BCUT2D eigenvalue weighted by atomic mass is 32.2. The van der Waals surface area contributed by atoms with E-state index in [4.69, 9.17) is 14.2 Å². The molecule has 0 aliphatic carbocycles. The summed E-state index contributed by atoms with van der Waals surface area (Å²) in [6.45, 7) is 2.03. The normalized spacial score (nSPS) is 10.9. The number of nitrogens with zero attached hydrogens (tertiary/aromatic N) is 3. The van der Waals surface area contributed by atoms with Gasteiger partial charge in [0.05, 0.1) is 44.0 Å². The lowest BCUT2D eigenvalue weighted by Crippen LogP contribution is -2.34. The highest BCUT2D eigenvalue weighted by Gasteiger charge is 2.24. The van der Waals surface area contributed by atoms with E-state index in [9.17, 15) is 9.90 Å². The molecule has 3 aromatic carbocycles. The number of aromatic amines is 1. The van der Waals surface area contributed by atoms with Crippen LogP contribution in [0.4, 0.5) is 0 Å². The summed E-state index contributed by atoms with van der Waals surface area (Å²) in [6, 6.07) is 18.7. The van der Waals surface area contributed by atoms with Crippen LogP contribution in [0.1, 0.15) is 11.1 Å². The van der Waals surface area contributed by atoms with Gasteiger partial charge in [-0.2, -0.15) is 9.67 Å². The van der Waals surface area contributed by atoms with Crippen molar-refractivity contribution in [3.05, 3.63) is 71.8 Å². The van der Waals surface area contributed by atoms with Crippen LogP contribution in [0.2, 0.25) is 0 Å². The van der Waals surface area contributed by atoms with Gasteiger partial charge in [0.1, 0.15) is 22.9 Å². The topological polar surface area (TPSA) is 125 Å². The van der Waals surface area contributed by atoms with Crippen LogP contribution in [-0.4, -0.2) is 49.4 Å². The number of carbonyl (C=O) groups is 1. The van der Waals surface area contributed by atoms with Crippen LogP contribution in [-0.2, 0) is 4.79 Å². The Bertz CT molecular complexity index is 1410. The molecule has 0 atom stereocenters. The van der Waals surface area contributed by atoms with Crippen molar-refractivity contribution >= 4 is 23.9 Å². The highest BCUT2D eigenvalue weighted by molar-refractivity contribution is 7.99. The lowest BCUT2D eigenvalue weighted by molar-refractivity contribution is -0.625. The number of ether oxygens (including phenoxy) is 3. The fraction of sp³-hybridized carbons (Fsp3) is 0.185. The van der Waals surface area contributed by atoms with E-state index in [0.29, 0.717) is 10.7 Å². The molecule has 1 amide bonds. The molecule has 1 aromatic heterocycles. The molecule has 0 unspecified atom stereocenters. The molecule has 0 aliphatic heterocycles. The van der Waals surface area contributed by atoms with Crippen LogP contribution < -0.4 is 29.3 Å². The standard InChI is InChI=1S/C27H27N5O5S/c1-17-5-7-19(8-6-17)26-30-31-27(32(26)20-9-11-21(35-2)12-10-20)38-16-24(33)29-28-15-18-13-22(36-3)25(34)23(14-18)37-4/h5-15H,16H2,1-4H3,(H2,28,29,33,34). The van der Waals surface area contributed by atoms with E-state index in [0.717, 1.165) is 28.4 Å². The lowest BCUT2D eigenvalue weighted by Gasteiger charge is -2.17. The Balaban J connectivity index is 1.50. The zero-order chi connectivity index (χ0) is 27.1. The fourth-order valence-corrected chi connectivity index (χ4v) is 4.35. The van der Waals surface area contributed by atoms with Gasteiger partial charge in [0.2, 0.25) is 0 Å². The maximum absolute atomic E-state index is 12.5. The third-order valence-corrected chi connectivity index (χ3v) is 6.48. The molecule has 4 aromatic rings. The summed E-state index contributed by atoms with van der Waals surface area (Å²) in [6.07, 6.45) is 1.41. The second kappa shape index (κ2) is 12.2. The van der Waals surface area contributed by atoms with Crippen LogP contribution in [0, 0.1) is 6.92 Å². The molecule has 38 heavy (non-hydrogen) atoms. The first-order chi connectivity index (χ1) is 18.4. The van der Waals surface area contributed by atoms with E-state index in [-0.39, 0.29) is 28.9 Å².